The van der Waals surface area contributed by atoms with Crippen LogP contribution >= 0.6 is 0 Å². The molecule has 0 saturated heterocycles. The first kappa shape index (κ1) is 25.8. The third kappa shape index (κ3) is 9.51. The fraction of sp³-hybridized carbons (Fsp3) is 0.286. The van der Waals surface area contributed by atoms with Gasteiger partial charge in [-0.15, -0.1) is 0 Å². The van der Waals surface area contributed by atoms with Gasteiger partial charge in [0, 0.05) is 13.1 Å². The van der Waals surface area contributed by atoms with E-state index in [9.17, 15) is 9.59 Å². The van der Waals surface area contributed by atoms with Crippen LogP contribution in [0.25, 0.3) is 0 Å². The largest absolute Gasteiger partial charge is 0.497 e. The highest BCUT2D eigenvalue weighted by atomic mass is 16.5. The second-order valence-corrected chi connectivity index (χ2v) is 8.01. The van der Waals surface area contributed by atoms with E-state index in [1.165, 1.54) is 0 Å². The lowest BCUT2D eigenvalue weighted by Gasteiger charge is -2.18. The monoisotopic (exact) mass is 476 g/mol. The van der Waals surface area contributed by atoms with E-state index in [2.05, 4.69) is 10.6 Å². The van der Waals surface area contributed by atoms with Crippen LogP contribution in [-0.4, -0.2) is 31.8 Å². The van der Waals surface area contributed by atoms with Crippen LogP contribution in [0.4, 0.5) is 4.79 Å². The van der Waals surface area contributed by atoms with Crippen LogP contribution in [0, 0.1) is 0 Å². The molecule has 0 radical (unpaired) electrons. The van der Waals surface area contributed by atoms with Gasteiger partial charge in [-0.1, -0.05) is 72.8 Å². The Morgan fingerprint density at radius 2 is 1.37 bits per heavy atom. The molecular formula is C28H32N2O5. The molecule has 0 fully saturated rings. The van der Waals surface area contributed by atoms with Crippen molar-refractivity contribution in [1.29, 1.82) is 0 Å². The third-order valence-electron chi connectivity index (χ3n) is 5.37. The van der Waals surface area contributed by atoms with Crippen molar-refractivity contribution in [2.24, 2.45) is 0 Å². The minimum Gasteiger partial charge on any atom is -0.497 e. The zero-order valence-corrected chi connectivity index (χ0v) is 19.9. The van der Waals surface area contributed by atoms with Gasteiger partial charge in [-0.05, 0) is 41.7 Å². The van der Waals surface area contributed by atoms with Crippen LogP contribution in [0.2, 0.25) is 0 Å². The Labute approximate surface area is 206 Å². The van der Waals surface area contributed by atoms with Crippen molar-refractivity contribution in [3.63, 3.8) is 0 Å². The van der Waals surface area contributed by atoms with Gasteiger partial charge in [-0.3, -0.25) is 4.79 Å². The molecule has 0 heterocycles. The van der Waals surface area contributed by atoms with Gasteiger partial charge in [0.05, 0.1) is 7.11 Å². The van der Waals surface area contributed by atoms with Crippen LogP contribution < -0.4 is 15.4 Å². The minimum atomic E-state index is -0.511. The zero-order valence-electron chi connectivity index (χ0n) is 19.9. The molecule has 0 bridgehead atoms. The molecule has 0 aliphatic heterocycles. The van der Waals surface area contributed by atoms with Gasteiger partial charge < -0.3 is 24.8 Å². The average molecular weight is 477 g/mol. The number of esters is 1. The summed E-state index contributed by atoms with van der Waals surface area (Å²) >= 11 is 0. The van der Waals surface area contributed by atoms with E-state index in [1.54, 1.807) is 7.11 Å². The molecule has 0 aromatic heterocycles. The van der Waals surface area contributed by atoms with E-state index >= 15 is 0 Å². The van der Waals surface area contributed by atoms with E-state index in [-0.39, 0.29) is 19.2 Å². The number of nitrogens with one attached hydrogen (secondary N) is 2. The molecule has 3 aromatic carbocycles. The number of alkyl carbamates (subject to hydrolysis) is 1. The number of ether oxygens (including phenoxy) is 3. The van der Waals surface area contributed by atoms with Crippen LogP contribution in [0.1, 0.15) is 29.5 Å². The first-order valence-electron chi connectivity index (χ1n) is 11.7. The van der Waals surface area contributed by atoms with Gasteiger partial charge in [-0.25, -0.2) is 4.79 Å². The number of hydrogen-bond acceptors (Lipinski definition) is 6. The molecule has 7 heteroatoms. The fourth-order valence-electron chi connectivity index (χ4n) is 3.39. The number of benzene rings is 3. The molecule has 0 aliphatic carbocycles. The number of rotatable bonds is 13. The van der Waals surface area contributed by atoms with Crippen molar-refractivity contribution in [1.82, 2.24) is 10.6 Å². The Hall–Kier alpha value is -3.84. The Morgan fingerprint density at radius 3 is 1.97 bits per heavy atom. The van der Waals surface area contributed by atoms with Crippen molar-refractivity contribution in [3.8, 4) is 5.75 Å². The standard InChI is InChI=1S/C28H32N2O5/c1-33-25-16-14-22(15-17-25)19-30-26(27(31)34-20-23-9-4-2-5-10-23)13-8-18-29-28(32)35-21-24-11-6-3-7-12-24/h2-7,9-12,14-17,26,30H,8,13,18-21H2,1H3,(H,29,32)/t26-/m0/s1. The molecule has 3 rings (SSSR count). The molecule has 35 heavy (non-hydrogen) atoms. The first-order valence-corrected chi connectivity index (χ1v) is 11.7. The van der Waals surface area contributed by atoms with E-state index in [0.717, 1.165) is 22.4 Å². The lowest BCUT2D eigenvalue weighted by Crippen LogP contribution is -2.38. The molecule has 0 spiro atoms. The summed E-state index contributed by atoms with van der Waals surface area (Å²) in [6.45, 7) is 1.32. The second kappa shape index (κ2) is 14.4. The van der Waals surface area contributed by atoms with Crippen molar-refractivity contribution in [2.75, 3.05) is 13.7 Å². The lowest BCUT2D eigenvalue weighted by atomic mass is 10.1. The van der Waals surface area contributed by atoms with Crippen LogP contribution in [0.5, 0.6) is 5.75 Å². The normalized spacial score (nSPS) is 11.3. The predicted octanol–water partition coefficient (Wildman–Crippen LogP) is 4.60. The van der Waals surface area contributed by atoms with Crippen LogP contribution in [-0.2, 0) is 34.0 Å². The SMILES string of the molecule is COc1ccc(CN[C@@H](CCCNC(=O)OCc2ccccc2)C(=O)OCc2ccccc2)cc1. The molecule has 0 unspecified atom stereocenters. The highest BCUT2D eigenvalue weighted by Crippen LogP contribution is 2.12. The topological polar surface area (TPSA) is 85.9 Å². The number of methoxy groups -OCH3 is 1. The van der Waals surface area contributed by atoms with Crippen LogP contribution in [0.15, 0.2) is 84.9 Å². The summed E-state index contributed by atoms with van der Waals surface area (Å²) in [7, 11) is 1.62. The summed E-state index contributed by atoms with van der Waals surface area (Å²) in [5, 5.41) is 6.02. The molecule has 3 aromatic rings. The number of carbonyl (C=O) groups is 2. The molecule has 7 nitrogen and oxygen atoms in total. The van der Waals surface area contributed by atoms with E-state index in [4.69, 9.17) is 14.2 Å². The second-order valence-electron chi connectivity index (χ2n) is 8.01. The Bertz CT molecular complexity index is 1030. The lowest BCUT2D eigenvalue weighted by molar-refractivity contribution is -0.147. The summed E-state index contributed by atoms with van der Waals surface area (Å²) in [6.07, 6.45) is 0.604. The summed E-state index contributed by atoms with van der Waals surface area (Å²) < 4.78 is 16.0. The fourth-order valence-corrected chi connectivity index (χ4v) is 3.39. The summed E-state index contributed by atoms with van der Waals surface area (Å²) in [5.41, 5.74) is 2.87. The zero-order chi connectivity index (χ0) is 24.7. The van der Waals surface area contributed by atoms with Gasteiger partial charge in [0.25, 0.3) is 0 Å². The maximum absolute atomic E-state index is 12.8. The van der Waals surface area contributed by atoms with E-state index in [1.807, 2.05) is 84.9 Å². The van der Waals surface area contributed by atoms with E-state index < -0.39 is 12.1 Å². The Balaban J connectivity index is 1.46. The first-order chi connectivity index (χ1) is 17.1. The quantitative estimate of drug-likeness (QED) is 0.277. The van der Waals surface area contributed by atoms with Crippen LogP contribution in [0.3, 0.4) is 0 Å². The smallest absolute Gasteiger partial charge is 0.407 e. The van der Waals surface area contributed by atoms with Gasteiger partial charge in [0.2, 0.25) is 0 Å². The van der Waals surface area contributed by atoms with Gasteiger partial charge >= 0.3 is 12.1 Å². The van der Waals surface area contributed by atoms with Gasteiger partial charge in [-0.2, -0.15) is 0 Å². The molecule has 0 aliphatic rings. The van der Waals surface area contributed by atoms with Crippen molar-refractivity contribution in [3.05, 3.63) is 102 Å². The molecular weight excluding hydrogens is 444 g/mol. The molecule has 0 saturated carbocycles. The average Bonchev–Trinajstić information content (AvgIpc) is 2.91. The number of carbonyl (C=O) groups excluding carboxylic acids is 2. The maximum atomic E-state index is 12.8. The van der Waals surface area contributed by atoms with E-state index in [0.29, 0.717) is 25.9 Å². The van der Waals surface area contributed by atoms with Gasteiger partial charge in [0.15, 0.2) is 0 Å². The highest BCUT2D eigenvalue weighted by molar-refractivity contribution is 5.75. The summed E-state index contributed by atoms with van der Waals surface area (Å²) in [5.74, 6) is 0.451. The predicted molar refractivity (Wildman–Crippen MR) is 134 cm³/mol. The highest BCUT2D eigenvalue weighted by Gasteiger charge is 2.19. The molecule has 2 N–H and O–H groups in total. The summed E-state index contributed by atoms with van der Waals surface area (Å²) in [4.78, 5) is 24.8. The molecule has 1 amide bonds. The number of hydrogen-bond donors (Lipinski definition) is 2. The van der Waals surface area contributed by atoms with Crippen molar-refractivity contribution < 1.29 is 23.8 Å². The maximum Gasteiger partial charge on any atom is 0.407 e. The van der Waals surface area contributed by atoms with Crippen molar-refractivity contribution >= 4 is 12.1 Å². The third-order valence-corrected chi connectivity index (χ3v) is 5.37. The van der Waals surface area contributed by atoms with Crippen molar-refractivity contribution in [2.45, 2.75) is 38.6 Å². The minimum absolute atomic E-state index is 0.213. The Morgan fingerprint density at radius 1 is 0.771 bits per heavy atom. The summed E-state index contributed by atoms with van der Waals surface area (Å²) in [6, 6.07) is 26.2. The Kier molecular flexibility index (Phi) is 10.6. The van der Waals surface area contributed by atoms with Gasteiger partial charge in [0.1, 0.15) is 25.0 Å². The molecule has 1 atom stereocenters. The molecule has 184 valence electrons. The number of amides is 1.